The fraction of sp³-hybridized carbons (Fsp3) is 0.431. The normalized spacial score (nSPS) is 17.9. The Balaban J connectivity index is 1.67. The van der Waals surface area contributed by atoms with Crippen molar-refractivity contribution in [3.05, 3.63) is 166 Å². The number of ether oxygens (including phenoxy) is 4. The van der Waals surface area contributed by atoms with Gasteiger partial charge in [0, 0.05) is 26.2 Å². The summed E-state index contributed by atoms with van der Waals surface area (Å²) in [6, 6.07) is 0. The second-order valence-electron chi connectivity index (χ2n) is 15.1. The van der Waals surface area contributed by atoms with E-state index in [1.807, 2.05) is 6.92 Å². The number of hydrogen-bond donors (Lipinski definition) is 0. The lowest BCUT2D eigenvalue weighted by Gasteiger charge is -2.29. The highest BCUT2D eigenvalue weighted by Crippen LogP contribution is 2.13. The molecule has 0 unspecified atom stereocenters. The summed E-state index contributed by atoms with van der Waals surface area (Å²) >= 11 is 0. The minimum Gasteiger partial charge on any atom is -0.475 e. The summed E-state index contributed by atoms with van der Waals surface area (Å²) in [5.41, 5.74) is 9.69. The summed E-state index contributed by atoms with van der Waals surface area (Å²) in [5.74, 6) is 0.738. The predicted molar refractivity (Wildman–Crippen MR) is 245 cm³/mol. The van der Waals surface area contributed by atoms with Gasteiger partial charge in [-0.2, -0.15) is 0 Å². The minimum absolute atomic E-state index is 0.259. The number of carbonyl (C=O) groups excluding carboxylic acids is 1. The monoisotopic (exact) mass is 793 g/mol. The lowest BCUT2D eigenvalue weighted by Crippen LogP contribution is -2.41. The fourth-order valence-corrected chi connectivity index (χ4v) is 5.56. The van der Waals surface area contributed by atoms with Crippen LogP contribution in [0.1, 0.15) is 81.1 Å². The first-order valence-corrected chi connectivity index (χ1v) is 20.8. The first kappa shape index (κ1) is 49.3. The Hall–Kier alpha value is -4.85. The van der Waals surface area contributed by atoms with Crippen molar-refractivity contribution in [2.45, 2.75) is 81.1 Å². The minimum atomic E-state index is -0.259. The molecule has 2 saturated heterocycles. The van der Waals surface area contributed by atoms with E-state index in [-0.39, 0.29) is 6.09 Å². The summed E-state index contributed by atoms with van der Waals surface area (Å²) in [7, 11) is 0. The average molecular weight is 793 g/mol. The van der Waals surface area contributed by atoms with Gasteiger partial charge in [0.1, 0.15) is 13.2 Å². The van der Waals surface area contributed by atoms with E-state index >= 15 is 0 Å². The molecule has 58 heavy (non-hydrogen) atoms. The van der Waals surface area contributed by atoms with Crippen LogP contribution in [0.2, 0.25) is 0 Å². The van der Waals surface area contributed by atoms with Crippen molar-refractivity contribution in [3.63, 3.8) is 0 Å². The molecule has 2 aliphatic rings. The zero-order chi connectivity index (χ0) is 42.4. The van der Waals surface area contributed by atoms with Gasteiger partial charge in [0.2, 0.25) is 0 Å². The molecule has 316 valence electrons. The molecule has 0 bridgehead atoms. The zero-order valence-electron chi connectivity index (χ0n) is 36.9. The van der Waals surface area contributed by atoms with E-state index in [0.29, 0.717) is 39.5 Å². The Morgan fingerprint density at radius 3 is 1.29 bits per heavy atom. The first-order chi connectivity index (χ1) is 27.9. The first-order valence-electron chi connectivity index (χ1n) is 20.8. The molecule has 7 nitrogen and oxygen atoms in total. The van der Waals surface area contributed by atoms with Crippen molar-refractivity contribution in [1.29, 1.82) is 0 Å². The fourth-order valence-electron chi connectivity index (χ4n) is 5.56. The number of amides is 1. The Morgan fingerprint density at radius 1 is 0.500 bits per heavy atom. The summed E-state index contributed by atoms with van der Waals surface area (Å²) < 4.78 is 22.0. The topological polar surface area (TPSA) is 60.5 Å². The Bertz CT molecular complexity index is 1570. The quantitative estimate of drug-likeness (QED) is 0.0618. The maximum atomic E-state index is 12.1. The molecule has 0 radical (unpaired) electrons. The van der Waals surface area contributed by atoms with Crippen molar-refractivity contribution in [2.75, 3.05) is 65.8 Å². The molecular formula is C51H72N2O5. The molecule has 2 rings (SSSR count). The molecule has 0 aromatic rings. The van der Waals surface area contributed by atoms with Crippen LogP contribution in [0.3, 0.4) is 0 Å². The van der Waals surface area contributed by atoms with Gasteiger partial charge < -0.3 is 28.7 Å². The van der Waals surface area contributed by atoms with Crippen LogP contribution in [0.15, 0.2) is 166 Å². The molecule has 0 spiro atoms. The maximum absolute atomic E-state index is 12.1. The van der Waals surface area contributed by atoms with Crippen LogP contribution >= 0.6 is 0 Å². The van der Waals surface area contributed by atoms with Crippen molar-refractivity contribution in [1.82, 2.24) is 9.80 Å². The Kier molecular flexibility index (Phi) is 25.7. The maximum Gasteiger partial charge on any atom is 0.410 e. The predicted octanol–water partition coefficient (Wildman–Crippen LogP) is 12.2. The zero-order valence-corrected chi connectivity index (χ0v) is 36.9. The molecule has 0 aromatic heterocycles. The van der Waals surface area contributed by atoms with Gasteiger partial charge in [-0.25, -0.2) is 4.79 Å². The van der Waals surface area contributed by atoms with Crippen LogP contribution in [0.4, 0.5) is 4.79 Å². The SMILES string of the molecule is C=C(OC/C(C)=C/CC/C(C)=C/C=C/C(C)=C/C=C/C(C)=C/C=C/C=C(C)/C=C/C=C(C)/C=C/C=C(\C)CC/C=C(\C)COC(=O)N1CCOCC1)N1CCOCC1. The summed E-state index contributed by atoms with van der Waals surface area (Å²) in [4.78, 5) is 16.0. The largest absolute Gasteiger partial charge is 0.475 e. The molecule has 1 amide bonds. The van der Waals surface area contributed by atoms with Crippen molar-refractivity contribution >= 4 is 6.09 Å². The van der Waals surface area contributed by atoms with Crippen molar-refractivity contribution in [3.8, 4) is 0 Å². The average Bonchev–Trinajstić information content (AvgIpc) is 3.21. The molecule has 0 atom stereocenters. The van der Waals surface area contributed by atoms with Crippen molar-refractivity contribution < 1.29 is 23.7 Å². The van der Waals surface area contributed by atoms with E-state index in [2.05, 4.69) is 169 Å². The van der Waals surface area contributed by atoms with Gasteiger partial charge in [-0.05, 0) is 98.8 Å². The molecule has 2 aliphatic heterocycles. The Morgan fingerprint density at radius 2 is 0.862 bits per heavy atom. The molecule has 0 N–H and O–H groups in total. The summed E-state index contributed by atoms with van der Waals surface area (Å²) in [6.07, 6.45) is 41.9. The molecular weight excluding hydrogens is 721 g/mol. The Labute approximate surface area is 351 Å². The standard InChI is InChI=1S/C51H72N2O5/c1-42(20-12-22-44(3)24-14-26-46(5)28-16-30-48(7)40-57-50(9)52-32-36-55-37-33-52)18-10-11-19-43(2)21-13-23-45(4)25-15-27-47(6)29-17-31-49(8)41-58-51(54)53-34-38-56-39-35-53/h10-15,18-27,30-31H,9,16-17,28-29,32-41H2,1-8H3/b11-10+,20-12+,21-13+,24-14+,25-15+,42-18+,43-19+,44-22+,45-23+,46-26+,47-27+,48-30+,49-31+. The highest BCUT2D eigenvalue weighted by molar-refractivity contribution is 5.67. The number of carbonyl (C=O) groups is 1. The summed E-state index contributed by atoms with van der Waals surface area (Å²) in [6.45, 7) is 27.3. The van der Waals surface area contributed by atoms with E-state index in [1.54, 1.807) is 4.90 Å². The van der Waals surface area contributed by atoms with Crippen LogP contribution in [-0.4, -0.2) is 81.7 Å². The van der Waals surface area contributed by atoms with E-state index in [1.165, 1.54) is 39.0 Å². The van der Waals surface area contributed by atoms with Gasteiger partial charge in [-0.3, -0.25) is 0 Å². The second kappa shape index (κ2) is 30.3. The number of allylic oxidation sites excluding steroid dienone is 24. The lowest BCUT2D eigenvalue weighted by atomic mass is 10.1. The molecule has 0 aliphatic carbocycles. The molecule has 2 fully saturated rings. The van der Waals surface area contributed by atoms with Crippen LogP contribution in [-0.2, 0) is 18.9 Å². The molecule has 0 saturated carbocycles. The van der Waals surface area contributed by atoms with Gasteiger partial charge in [0.05, 0.1) is 26.4 Å². The highest BCUT2D eigenvalue weighted by Gasteiger charge is 2.18. The van der Waals surface area contributed by atoms with E-state index < -0.39 is 0 Å². The number of nitrogens with zero attached hydrogens (tertiary/aromatic N) is 2. The van der Waals surface area contributed by atoms with E-state index in [4.69, 9.17) is 18.9 Å². The van der Waals surface area contributed by atoms with Gasteiger partial charge in [-0.1, -0.05) is 143 Å². The van der Waals surface area contributed by atoms with E-state index in [0.717, 1.165) is 63.4 Å². The van der Waals surface area contributed by atoms with E-state index in [9.17, 15) is 4.79 Å². The molecule has 2 heterocycles. The second-order valence-corrected chi connectivity index (χ2v) is 15.1. The van der Waals surface area contributed by atoms with Gasteiger partial charge in [0.25, 0.3) is 0 Å². The molecule has 0 aromatic carbocycles. The number of morpholine rings is 2. The molecule has 7 heteroatoms. The van der Waals surface area contributed by atoms with Gasteiger partial charge in [-0.15, -0.1) is 0 Å². The van der Waals surface area contributed by atoms with Gasteiger partial charge in [0.15, 0.2) is 5.88 Å². The van der Waals surface area contributed by atoms with Crippen LogP contribution in [0, 0.1) is 0 Å². The van der Waals surface area contributed by atoms with Crippen molar-refractivity contribution in [2.24, 2.45) is 0 Å². The smallest absolute Gasteiger partial charge is 0.410 e. The lowest BCUT2D eigenvalue weighted by molar-refractivity contribution is 0.0185. The third-order valence-electron chi connectivity index (χ3n) is 9.33. The van der Waals surface area contributed by atoms with Crippen LogP contribution in [0.5, 0.6) is 0 Å². The number of hydrogen-bond acceptors (Lipinski definition) is 6. The highest BCUT2D eigenvalue weighted by atomic mass is 16.6. The third kappa shape index (κ3) is 24.7. The summed E-state index contributed by atoms with van der Waals surface area (Å²) in [5, 5.41) is 0. The number of rotatable bonds is 22. The van der Waals surface area contributed by atoms with Crippen LogP contribution in [0.25, 0.3) is 0 Å². The third-order valence-corrected chi connectivity index (χ3v) is 9.33. The van der Waals surface area contributed by atoms with Gasteiger partial charge >= 0.3 is 6.09 Å². The van der Waals surface area contributed by atoms with Crippen LogP contribution < -0.4 is 0 Å².